The zero-order valence-electron chi connectivity index (χ0n) is 15.0. The van der Waals surface area contributed by atoms with E-state index in [0.29, 0.717) is 5.75 Å². The Labute approximate surface area is 167 Å². The van der Waals surface area contributed by atoms with Gasteiger partial charge < -0.3 is 4.74 Å². The fourth-order valence-corrected chi connectivity index (χ4v) is 2.72. The van der Waals surface area contributed by atoms with Crippen molar-refractivity contribution in [3.63, 3.8) is 0 Å². The van der Waals surface area contributed by atoms with Crippen molar-refractivity contribution >= 4 is 39.9 Å². The molecule has 28 heavy (non-hydrogen) atoms. The molecule has 0 heterocycles. The summed E-state index contributed by atoms with van der Waals surface area (Å²) in [6.45, 7) is -0.196. The van der Waals surface area contributed by atoms with Crippen LogP contribution in [0.25, 0.3) is 10.8 Å². The van der Waals surface area contributed by atoms with E-state index in [2.05, 4.69) is 16.2 Å². The summed E-state index contributed by atoms with van der Waals surface area (Å²) in [7, 11) is 0. The Bertz CT molecular complexity index is 992. The number of carbonyl (C=O) groups is 2. The van der Waals surface area contributed by atoms with Gasteiger partial charge >= 0.3 is 0 Å². The standard InChI is InChI=1S/C21H19N3O3S/c25-19(12-15-6-2-1-3-7-15)23-24-21(28)22-20(26)14-27-18-11-10-16-8-4-5-9-17(16)13-18/h1-11,13H,12,14H2,(H,23,25)(H2,22,24,26,28). The van der Waals surface area contributed by atoms with E-state index in [1.807, 2.05) is 66.7 Å². The maximum Gasteiger partial charge on any atom is 0.264 e. The fourth-order valence-electron chi connectivity index (χ4n) is 2.55. The van der Waals surface area contributed by atoms with Crippen molar-refractivity contribution in [1.29, 1.82) is 0 Å². The number of thiocarbonyl (C=S) groups is 1. The number of fused-ring (bicyclic) bond motifs is 1. The van der Waals surface area contributed by atoms with Gasteiger partial charge in [-0.1, -0.05) is 60.7 Å². The molecule has 0 aromatic heterocycles. The minimum atomic E-state index is -0.428. The molecule has 0 aliphatic rings. The first kappa shape index (κ1) is 19.3. The maximum atomic E-state index is 11.9. The Hall–Kier alpha value is -3.45. The predicted octanol–water partition coefficient (Wildman–Crippen LogP) is 2.48. The number of amides is 2. The number of hydrazine groups is 1. The number of hydrogen-bond acceptors (Lipinski definition) is 4. The number of nitrogens with one attached hydrogen (secondary N) is 3. The highest BCUT2D eigenvalue weighted by molar-refractivity contribution is 7.80. The van der Waals surface area contributed by atoms with Gasteiger partial charge in [-0.05, 0) is 40.7 Å². The summed E-state index contributed by atoms with van der Waals surface area (Å²) in [5.41, 5.74) is 5.82. The summed E-state index contributed by atoms with van der Waals surface area (Å²) < 4.78 is 5.49. The van der Waals surface area contributed by atoms with Crippen LogP contribution in [0, 0.1) is 0 Å². The normalized spacial score (nSPS) is 10.1. The second-order valence-corrected chi connectivity index (χ2v) is 6.42. The summed E-state index contributed by atoms with van der Waals surface area (Å²) in [5, 5.41) is 4.56. The van der Waals surface area contributed by atoms with Crippen LogP contribution in [-0.4, -0.2) is 23.5 Å². The van der Waals surface area contributed by atoms with E-state index in [0.717, 1.165) is 16.3 Å². The average molecular weight is 393 g/mol. The third-order valence-electron chi connectivity index (χ3n) is 3.87. The molecule has 0 aliphatic heterocycles. The van der Waals surface area contributed by atoms with Gasteiger partial charge in [0.05, 0.1) is 6.42 Å². The molecule has 0 aliphatic carbocycles. The molecule has 0 saturated heterocycles. The average Bonchev–Trinajstić information content (AvgIpc) is 2.71. The van der Waals surface area contributed by atoms with Gasteiger partial charge in [-0.3, -0.25) is 25.8 Å². The monoisotopic (exact) mass is 393 g/mol. The first-order valence-corrected chi connectivity index (χ1v) is 9.05. The molecule has 0 atom stereocenters. The largest absolute Gasteiger partial charge is 0.484 e. The number of carbonyl (C=O) groups excluding carboxylic acids is 2. The quantitative estimate of drug-likeness (QED) is 0.458. The van der Waals surface area contributed by atoms with E-state index in [4.69, 9.17) is 17.0 Å². The minimum absolute atomic E-state index is 0.00600. The van der Waals surface area contributed by atoms with Crippen LogP contribution >= 0.6 is 12.2 Å². The Balaban J connectivity index is 1.40. The lowest BCUT2D eigenvalue weighted by atomic mass is 10.1. The van der Waals surface area contributed by atoms with Crippen molar-refractivity contribution in [3.05, 3.63) is 78.4 Å². The van der Waals surface area contributed by atoms with Crippen molar-refractivity contribution in [2.24, 2.45) is 0 Å². The summed E-state index contributed by atoms with van der Waals surface area (Å²) in [6.07, 6.45) is 0.204. The lowest BCUT2D eigenvalue weighted by molar-refractivity contribution is -0.122. The first-order valence-electron chi connectivity index (χ1n) is 8.64. The van der Waals surface area contributed by atoms with Crippen LogP contribution in [-0.2, 0) is 16.0 Å². The SMILES string of the molecule is O=C(Cc1ccccc1)NNC(=S)NC(=O)COc1ccc2ccccc2c1. The predicted molar refractivity (Wildman–Crippen MR) is 112 cm³/mol. The lowest BCUT2D eigenvalue weighted by Gasteiger charge is -2.11. The lowest BCUT2D eigenvalue weighted by Crippen LogP contribution is -2.49. The summed E-state index contributed by atoms with van der Waals surface area (Å²) in [5.74, 6) is -0.109. The van der Waals surface area contributed by atoms with Crippen LogP contribution in [0.15, 0.2) is 72.8 Å². The number of benzene rings is 3. The molecule has 0 saturated carbocycles. The van der Waals surface area contributed by atoms with Gasteiger partial charge in [0.1, 0.15) is 5.75 Å². The molecule has 2 amide bonds. The molecule has 142 valence electrons. The molecule has 6 nitrogen and oxygen atoms in total. The Morgan fingerprint density at radius 1 is 0.821 bits per heavy atom. The van der Waals surface area contributed by atoms with E-state index < -0.39 is 5.91 Å². The van der Waals surface area contributed by atoms with Crippen LogP contribution < -0.4 is 20.9 Å². The summed E-state index contributed by atoms with van der Waals surface area (Å²) in [6, 6.07) is 22.8. The van der Waals surface area contributed by atoms with E-state index in [1.54, 1.807) is 6.07 Å². The van der Waals surface area contributed by atoms with Crippen LogP contribution in [0.4, 0.5) is 0 Å². The molecule has 0 unspecified atom stereocenters. The highest BCUT2D eigenvalue weighted by atomic mass is 32.1. The molecule has 0 fully saturated rings. The third-order valence-corrected chi connectivity index (χ3v) is 4.07. The van der Waals surface area contributed by atoms with Gasteiger partial charge in [0, 0.05) is 0 Å². The highest BCUT2D eigenvalue weighted by Crippen LogP contribution is 2.20. The Morgan fingerprint density at radius 2 is 1.54 bits per heavy atom. The van der Waals surface area contributed by atoms with Crippen LogP contribution in [0.3, 0.4) is 0 Å². The molecule has 0 radical (unpaired) electrons. The second kappa shape index (κ2) is 9.48. The van der Waals surface area contributed by atoms with Crippen molar-refractivity contribution in [1.82, 2.24) is 16.2 Å². The van der Waals surface area contributed by atoms with E-state index in [9.17, 15) is 9.59 Å². The zero-order valence-corrected chi connectivity index (χ0v) is 15.8. The Morgan fingerprint density at radius 3 is 2.32 bits per heavy atom. The molecule has 7 heteroatoms. The molecular weight excluding hydrogens is 374 g/mol. The molecule has 0 spiro atoms. The van der Waals surface area contributed by atoms with Gasteiger partial charge in [0.2, 0.25) is 5.91 Å². The molecular formula is C21H19N3O3S. The summed E-state index contributed by atoms with van der Waals surface area (Å²) in [4.78, 5) is 23.8. The van der Waals surface area contributed by atoms with Crippen LogP contribution in [0.5, 0.6) is 5.75 Å². The van der Waals surface area contributed by atoms with E-state index in [-0.39, 0.29) is 24.0 Å². The second-order valence-electron chi connectivity index (χ2n) is 6.01. The van der Waals surface area contributed by atoms with Crippen molar-refractivity contribution in [3.8, 4) is 5.75 Å². The number of hydrogen-bond donors (Lipinski definition) is 3. The van der Waals surface area contributed by atoms with Crippen LogP contribution in [0.1, 0.15) is 5.56 Å². The van der Waals surface area contributed by atoms with Gasteiger partial charge in [0.25, 0.3) is 5.91 Å². The maximum absolute atomic E-state index is 11.9. The molecule has 3 aromatic carbocycles. The smallest absolute Gasteiger partial charge is 0.264 e. The highest BCUT2D eigenvalue weighted by Gasteiger charge is 2.08. The van der Waals surface area contributed by atoms with E-state index in [1.165, 1.54) is 0 Å². The number of ether oxygens (including phenoxy) is 1. The number of rotatable bonds is 5. The topological polar surface area (TPSA) is 79.5 Å². The third kappa shape index (κ3) is 5.78. The Kier molecular flexibility index (Phi) is 6.54. The summed E-state index contributed by atoms with van der Waals surface area (Å²) >= 11 is 4.99. The molecule has 3 rings (SSSR count). The van der Waals surface area contributed by atoms with Crippen molar-refractivity contribution in [2.45, 2.75) is 6.42 Å². The molecule has 0 bridgehead atoms. The van der Waals surface area contributed by atoms with Crippen molar-refractivity contribution < 1.29 is 14.3 Å². The van der Waals surface area contributed by atoms with Crippen molar-refractivity contribution in [2.75, 3.05) is 6.61 Å². The zero-order chi connectivity index (χ0) is 19.8. The molecule has 3 N–H and O–H groups in total. The van der Waals surface area contributed by atoms with Gasteiger partial charge in [0.15, 0.2) is 11.7 Å². The minimum Gasteiger partial charge on any atom is -0.484 e. The van der Waals surface area contributed by atoms with Gasteiger partial charge in [-0.2, -0.15) is 0 Å². The van der Waals surface area contributed by atoms with E-state index >= 15 is 0 Å². The van der Waals surface area contributed by atoms with Gasteiger partial charge in [-0.25, -0.2) is 0 Å². The fraction of sp³-hybridized carbons (Fsp3) is 0.0952. The first-order chi connectivity index (χ1) is 13.6. The van der Waals surface area contributed by atoms with Crippen LogP contribution in [0.2, 0.25) is 0 Å². The van der Waals surface area contributed by atoms with Gasteiger partial charge in [-0.15, -0.1) is 0 Å². The molecule has 3 aromatic rings.